The molecule has 3 aliphatic heterocycles. The number of aromatic hydroxyl groups is 1. The molecule has 1 aromatic heterocycles. The molecule has 0 saturated carbocycles. The van der Waals surface area contributed by atoms with Crippen molar-refractivity contribution in [3.8, 4) is 11.5 Å². The number of piperidine rings is 1. The summed E-state index contributed by atoms with van der Waals surface area (Å²) in [5, 5.41) is 18.0. The maximum atomic E-state index is 15.6. The smallest absolute Gasteiger partial charge is 0.262 e. The third-order valence-corrected chi connectivity index (χ3v) is 12.2. The van der Waals surface area contributed by atoms with Crippen LogP contribution in [0.3, 0.4) is 0 Å². The molecule has 2 aromatic carbocycles. The van der Waals surface area contributed by atoms with Crippen molar-refractivity contribution in [1.82, 2.24) is 20.0 Å². The summed E-state index contributed by atoms with van der Waals surface area (Å²) in [5.41, 5.74) is 2.84. The van der Waals surface area contributed by atoms with Gasteiger partial charge in [0.1, 0.15) is 17.3 Å². The summed E-state index contributed by atoms with van der Waals surface area (Å²) in [7, 11) is 0. The summed E-state index contributed by atoms with van der Waals surface area (Å²) in [4.78, 5) is 45.1. The maximum Gasteiger partial charge on any atom is 0.262 e. The van der Waals surface area contributed by atoms with Crippen LogP contribution in [0.4, 0.5) is 10.1 Å². The van der Waals surface area contributed by atoms with Crippen molar-refractivity contribution < 1.29 is 38.1 Å². The molecule has 3 N–H and O–H groups in total. The zero-order valence-electron chi connectivity index (χ0n) is 32.9. The van der Waals surface area contributed by atoms with Gasteiger partial charge in [0.2, 0.25) is 5.91 Å². The third-order valence-electron chi connectivity index (χ3n) is 11.0. The Bertz CT molecular complexity index is 1830. The fraction of sp³-hybridized carbons (Fsp3) is 0.548. The van der Waals surface area contributed by atoms with Gasteiger partial charge in [-0.2, -0.15) is 0 Å². The van der Waals surface area contributed by atoms with Gasteiger partial charge in [0, 0.05) is 61.6 Å². The van der Waals surface area contributed by atoms with E-state index >= 15 is 4.39 Å². The monoisotopic (exact) mass is 793 g/mol. The largest absolute Gasteiger partial charge is 0.506 e. The second kappa shape index (κ2) is 19.4. The summed E-state index contributed by atoms with van der Waals surface area (Å²) in [6.45, 7) is 12.8. The van der Waals surface area contributed by atoms with Crippen LogP contribution in [0.25, 0.3) is 0 Å². The van der Waals surface area contributed by atoms with Crippen LogP contribution in [0.15, 0.2) is 41.8 Å². The Balaban J connectivity index is 0.873. The van der Waals surface area contributed by atoms with Crippen LogP contribution in [0.5, 0.6) is 11.5 Å². The Morgan fingerprint density at radius 3 is 2.66 bits per heavy atom. The number of anilines is 1. The second-order valence-corrected chi connectivity index (χ2v) is 16.1. The Kier molecular flexibility index (Phi) is 14.4. The van der Waals surface area contributed by atoms with Gasteiger partial charge in [-0.1, -0.05) is 38.1 Å². The summed E-state index contributed by atoms with van der Waals surface area (Å²) >= 11 is 1.64. The van der Waals surface area contributed by atoms with E-state index in [2.05, 4.69) is 29.4 Å². The molecule has 304 valence electrons. The predicted octanol–water partition coefficient (Wildman–Crippen LogP) is 5.18. The lowest BCUT2D eigenvalue weighted by molar-refractivity contribution is -0.132. The van der Waals surface area contributed by atoms with Crippen molar-refractivity contribution >= 4 is 34.7 Å². The molecule has 3 amide bonds. The lowest BCUT2D eigenvalue weighted by Crippen LogP contribution is -2.57. The average molecular weight is 794 g/mol. The average Bonchev–Trinajstić information content (AvgIpc) is 3.70. The van der Waals surface area contributed by atoms with E-state index in [-0.39, 0.29) is 54.5 Å². The SMILES string of the molecule is CCN(CCNCCc1ccc(O)c2c1OCC(=O)N2)C(=O)CCOCCc1cccc(CN2CCC3(CC2)CN(C(=O)c2csc(C(C)C)c2)CCO3)c1F. The molecule has 0 bridgehead atoms. The lowest BCUT2D eigenvalue weighted by atomic mass is 9.89. The molecule has 0 aliphatic carbocycles. The molecule has 0 radical (unpaired) electrons. The zero-order valence-corrected chi connectivity index (χ0v) is 33.7. The number of hydrogen-bond donors (Lipinski definition) is 3. The molecule has 6 rings (SSSR count). The van der Waals surface area contributed by atoms with Crippen LogP contribution in [-0.2, 0) is 38.4 Å². The minimum atomic E-state index is -0.361. The fourth-order valence-electron chi connectivity index (χ4n) is 7.61. The molecule has 3 aromatic rings. The Hall–Kier alpha value is -4.08. The molecule has 0 atom stereocenters. The summed E-state index contributed by atoms with van der Waals surface area (Å²) in [6, 6.07) is 10.9. The first-order valence-corrected chi connectivity index (χ1v) is 20.8. The van der Waals surface area contributed by atoms with Crippen LogP contribution < -0.4 is 15.4 Å². The molecule has 1 spiro atoms. The number of carbonyl (C=O) groups excluding carboxylic acids is 3. The van der Waals surface area contributed by atoms with Gasteiger partial charge < -0.3 is 39.8 Å². The number of likely N-dealkylation sites (N-methyl/N-ethyl adjacent to an activating group) is 1. The summed E-state index contributed by atoms with van der Waals surface area (Å²) in [5.74, 6) is 0.437. The van der Waals surface area contributed by atoms with Crippen LogP contribution >= 0.6 is 11.3 Å². The van der Waals surface area contributed by atoms with Gasteiger partial charge >= 0.3 is 0 Å². The highest BCUT2D eigenvalue weighted by atomic mass is 32.1. The van der Waals surface area contributed by atoms with Crippen LogP contribution in [-0.4, -0.2) is 122 Å². The van der Waals surface area contributed by atoms with Gasteiger partial charge in [-0.25, -0.2) is 4.39 Å². The van der Waals surface area contributed by atoms with Gasteiger partial charge in [0.15, 0.2) is 12.4 Å². The molecule has 12 nitrogen and oxygen atoms in total. The normalized spacial score (nSPS) is 16.8. The molecular formula is C42H56FN5O7S. The third kappa shape index (κ3) is 10.5. The van der Waals surface area contributed by atoms with Crippen molar-refractivity contribution in [3.05, 3.63) is 74.7 Å². The first-order chi connectivity index (χ1) is 27.1. The van der Waals surface area contributed by atoms with Crippen molar-refractivity contribution in [2.24, 2.45) is 0 Å². The lowest BCUT2D eigenvalue weighted by Gasteiger charge is -2.47. The molecule has 0 unspecified atom stereocenters. The number of nitrogens with one attached hydrogen (secondary N) is 2. The van der Waals surface area contributed by atoms with Crippen molar-refractivity contribution in [3.63, 3.8) is 0 Å². The Labute approximate surface area is 333 Å². The van der Waals surface area contributed by atoms with Gasteiger partial charge in [0.25, 0.3) is 11.8 Å². The first kappa shape index (κ1) is 41.6. The molecule has 2 saturated heterocycles. The van der Waals surface area contributed by atoms with E-state index in [0.29, 0.717) is 100 Å². The number of ether oxygens (including phenoxy) is 3. The second-order valence-electron chi connectivity index (χ2n) is 15.2. The minimum absolute atomic E-state index is 0.00292. The number of rotatable bonds is 17. The summed E-state index contributed by atoms with van der Waals surface area (Å²) < 4.78 is 33.3. The molecule has 14 heteroatoms. The van der Waals surface area contributed by atoms with E-state index in [0.717, 1.165) is 37.1 Å². The van der Waals surface area contributed by atoms with E-state index in [1.165, 1.54) is 4.88 Å². The number of benzene rings is 2. The molecule has 56 heavy (non-hydrogen) atoms. The number of phenols is 1. The van der Waals surface area contributed by atoms with Crippen LogP contribution in [0.1, 0.15) is 77.9 Å². The molecule has 2 fully saturated rings. The van der Waals surface area contributed by atoms with E-state index in [1.807, 2.05) is 35.4 Å². The van der Waals surface area contributed by atoms with Crippen LogP contribution in [0, 0.1) is 5.82 Å². The number of hydrogen-bond acceptors (Lipinski definition) is 10. The number of amides is 3. The number of likely N-dealkylation sites (tertiary alicyclic amines) is 1. The van der Waals surface area contributed by atoms with E-state index in [1.54, 1.807) is 34.4 Å². The van der Waals surface area contributed by atoms with Crippen LogP contribution in [0.2, 0.25) is 0 Å². The first-order valence-electron chi connectivity index (χ1n) is 19.9. The molecular weight excluding hydrogens is 738 g/mol. The van der Waals surface area contributed by atoms with Crippen molar-refractivity contribution in [1.29, 1.82) is 0 Å². The van der Waals surface area contributed by atoms with Crippen molar-refractivity contribution in [2.75, 3.05) is 84.1 Å². The predicted molar refractivity (Wildman–Crippen MR) is 214 cm³/mol. The standard InChI is InChI=1S/C42H56FN5O7S/c1-4-47(19-16-44-15-10-31-8-9-34(49)39-40(31)54-26-36(50)45-39)37(51)12-22-53-21-11-30-6-5-7-32(38(30)43)25-46-17-13-42(14-18-46)28-48(20-23-55-42)41(52)33-24-35(29(2)3)56-27-33/h5-9,24,27,29,44,49H,4,10-23,25-26,28H2,1-3H3,(H,45,50). The number of morpholine rings is 1. The fourth-order valence-corrected chi connectivity index (χ4v) is 8.51. The van der Waals surface area contributed by atoms with Gasteiger partial charge in [-0.3, -0.25) is 19.3 Å². The van der Waals surface area contributed by atoms with Gasteiger partial charge in [-0.15, -0.1) is 11.3 Å². The zero-order chi connectivity index (χ0) is 39.7. The number of halogens is 1. The maximum absolute atomic E-state index is 15.6. The minimum Gasteiger partial charge on any atom is -0.506 e. The quantitative estimate of drug-likeness (QED) is 0.125. The highest BCUT2D eigenvalue weighted by molar-refractivity contribution is 7.10. The Morgan fingerprint density at radius 1 is 1.09 bits per heavy atom. The number of phenolic OH excluding ortho intramolecular Hbond substituents is 1. The van der Waals surface area contributed by atoms with E-state index < -0.39 is 0 Å². The number of thiophene rings is 1. The number of fused-ring (bicyclic) bond motifs is 1. The van der Waals surface area contributed by atoms with Crippen molar-refractivity contribution in [2.45, 2.75) is 70.9 Å². The highest BCUT2D eigenvalue weighted by Gasteiger charge is 2.41. The Morgan fingerprint density at radius 2 is 1.89 bits per heavy atom. The number of carbonyl (C=O) groups is 3. The molecule has 3 aliphatic rings. The van der Waals surface area contributed by atoms with Gasteiger partial charge in [0.05, 0.1) is 44.0 Å². The van der Waals surface area contributed by atoms with Gasteiger partial charge in [-0.05, 0) is 68.3 Å². The number of nitrogens with zero attached hydrogens (tertiary/aromatic N) is 3. The topological polar surface area (TPSA) is 133 Å². The molecule has 4 heterocycles. The van der Waals surface area contributed by atoms with E-state index in [4.69, 9.17) is 14.2 Å². The highest BCUT2D eigenvalue weighted by Crippen LogP contribution is 2.39. The summed E-state index contributed by atoms with van der Waals surface area (Å²) in [6.07, 6.45) is 2.87. The van der Waals surface area contributed by atoms with E-state index in [9.17, 15) is 19.5 Å².